The molecule has 0 spiro atoms. The van der Waals surface area contributed by atoms with Gasteiger partial charge in [0.25, 0.3) is 0 Å². The fourth-order valence-electron chi connectivity index (χ4n) is 1.97. The van der Waals surface area contributed by atoms with Gasteiger partial charge in [0.2, 0.25) is 11.8 Å². The SMILES string of the molecule is NC(=O)C1CC(=O)N(Cc2ccc(Cl)c(Br)c2)C1. The topological polar surface area (TPSA) is 63.4 Å². The van der Waals surface area contributed by atoms with E-state index in [2.05, 4.69) is 15.9 Å². The molecule has 2 rings (SSSR count). The van der Waals surface area contributed by atoms with E-state index >= 15 is 0 Å². The maximum absolute atomic E-state index is 11.7. The molecule has 18 heavy (non-hydrogen) atoms. The van der Waals surface area contributed by atoms with Crippen LogP contribution in [-0.4, -0.2) is 23.3 Å². The highest BCUT2D eigenvalue weighted by atomic mass is 79.9. The Labute approximate surface area is 118 Å². The zero-order chi connectivity index (χ0) is 13.3. The number of nitrogens with zero attached hydrogens (tertiary/aromatic N) is 1. The molecule has 2 amide bonds. The van der Waals surface area contributed by atoms with E-state index < -0.39 is 5.91 Å². The van der Waals surface area contributed by atoms with Crippen LogP contribution in [-0.2, 0) is 16.1 Å². The molecule has 6 heteroatoms. The number of rotatable bonds is 3. The highest BCUT2D eigenvalue weighted by Crippen LogP contribution is 2.25. The van der Waals surface area contributed by atoms with Crippen LogP contribution in [0.2, 0.25) is 5.02 Å². The highest BCUT2D eigenvalue weighted by Gasteiger charge is 2.32. The first kappa shape index (κ1) is 13.4. The molecule has 0 bridgehead atoms. The van der Waals surface area contributed by atoms with Gasteiger partial charge in [-0.15, -0.1) is 0 Å². The highest BCUT2D eigenvalue weighted by molar-refractivity contribution is 9.10. The third-order valence-electron chi connectivity index (χ3n) is 2.97. The quantitative estimate of drug-likeness (QED) is 0.920. The lowest BCUT2D eigenvalue weighted by Crippen LogP contribution is -2.28. The Balaban J connectivity index is 2.08. The standard InChI is InChI=1S/C12H12BrClN2O2/c13-9-3-7(1-2-10(9)14)5-16-6-8(12(15)18)4-11(16)17/h1-3,8H,4-6H2,(H2,15,18). The van der Waals surface area contributed by atoms with E-state index in [1.54, 1.807) is 11.0 Å². The van der Waals surface area contributed by atoms with Crippen LogP contribution in [0.15, 0.2) is 22.7 Å². The molecule has 1 aromatic carbocycles. The number of carbonyl (C=O) groups is 2. The summed E-state index contributed by atoms with van der Waals surface area (Å²) in [7, 11) is 0. The van der Waals surface area contributed by atoms with Crippen LogP contribution in [0.5, 0.6) is 0 Å². The average molecular weight is 332 g/mol. The fourth-order valence-corrected chi connectivity index (χ4v) is 2.52. The van der Waals surface area contributed by atoms with Crippen molar-refractivity contribution in [2.24, 2.45) is 11.7 Å². The normalized spacial score (nSPS) is 19.3. The van der Waals surface area contributed by atoms with Crippen molar-refractivity contribution >= 4 is 39.3 Å². The van der Waals surface area contributed by atoms with E-state index in [9.17, 15) is 9.59 Å². The minimum atomic E-state index is -0.414. The summed E-state index contributed by atoms with van der Waals surface area (Å²) in [6.45, 7) is 0.868. The number of halogens is 2. The maximum atomic E-state index is 11.7. The third-order valence-corrected chi connectivity index (χ3v) is 4.19. The second-order valence-corrected chi connectivity index (χ2v) is 5.59. The van der Waals surface area contributed by atoms with Crippen molar-refractivity contribution in [1.29, 1.82) is 0 Å². The van der Waals surface area contributed by atoms with E-state index in [0.717, 1.165) is 10.0 Å². The molecule has 0 aliphatic carbocycles. The molecule has 1 fully saturated rings. The monoisotopic (exact) mass is 330 g/mol. The van der Waals surface area contributed by atoms with Gasteiger partial charge in [-0.1, -0.05) is 17.7 Å². The number of hydrogen-bond donors (Lipinski definition) is 1. The Hall–Kier alpha value is -1.07. The average Bonchev–Trinajstić information content (AvgIpc) is 2.66. The molecule has 1 aromatic rings. The molecule has 1 atom stereocenters. The summed E-state index contributed by atoms with van der Waals surface area (Å²) in [6.07, 6.45) is 0.212. The number of nitrogens with two attached hydrogens (primary N) is 1. The Morgan fingerprint density at radius 3 is 2.83 bits per heavy atom. The van der Waals surface area contributed by atoms with Crippen LogP contribution in [0.4, 0.5) is 0 Å². The van der Waals surface area contributed by atoms with Crippen LogP contribution in [0.1, 0.15) is 12.0 Å². The van der Waals surface area contributed by atoms with Gasteiger partial charge in [0.15, 0.2) is 0 Å². The Kier molecular flexibility index (Phi) is 3.92. The molecular weight excluding hydrogens is 320 g/mol. The minimum absolute atomic E-state index is 0.0372. The first-order valence-corrected chi connectivity index (χ1v) is 6.65. The number of carbonyl (C=O) groups excluding carboxylic acids is 2. The smallest absolute Gasteiger partial charge is 0.223 e. The molecule has 1 unspecified atom stereocenters. The number of primary amides is 1. The van der Waals surface area contributed by atoms with Gasteiger partial charge in [-0.05, 0) is 33.6 Å². The summed E-state index contributed by atoms with van der Waals surface area (Å²) in [6, 6.07) is 5.50. The second-order valence-electron chi connectivity index (χ2n) is 4.33. The molecule has 96 valence electrons. The van der Waals surface area contributed by atoms with Gasteiger partial charge in [0, 0.05) is 24.0 Å². The Bertz CT molecular complexity index is 507. The molecule has 0 aromatic heterocycles. The number of amides is 2. The number of hydrogen-bond acceptors (Lipinski definition) is 2. The summed E-state index contributed by atoms with van der Waals surface area (Å²) in [5, 5.41) is 0.626. The molecular formula is C12H12BrClN2O2. The molecule has 1 aliphatic heterocycles. The lowest BCUT2D eigenvalue weighted by Gasteiger charge is -2.16. The van der Waals surface area contributed by atoms with E-state index in [4.69, 9.17) is 17.3 Å². The molecule has 4 nitrogen and oxygen atoms in total. The largest absolute Gasteiger partial charge is 0.369 e. The van der Waals surface area contributed by atoms with Crippen LogP contribution in [0, 0.1) is 5.92 Å². The van der Waals surface area contributed by atoms with Gasteiger partial charge in [-0.25, -0.2) is 0 Å². The fraction of sp³-hybridized carbons (Fsp3) is 0.333. The second kappa shape index (κ2) is 5.28. The molecule has 0 saturated carbocycles. The summed E-state index contributed by atoms with van der Waals surface area (Å²) >= 11 is 9.24. The molecule has 0 radical (unpaired) electrons. The van der Waals surface area contributed by atoms with Gasteiger partial charge < -0.3 is 10.6 Å². The van der Waals surface area contributed by atoms with Crippen molar-refractivity contribution < 1.29 is 9.59 Å². The molecule has 2 N–H and O–H groups in total. The predicted molar refractivity (Wildman–Crippen MR) is 71.9 cm³/mol. The minimum Gasteiger partial charge on any atom is -0.369 e. The van der Waals surface area contributed by atoms with Crippen LogP contribution in [0.25, 0.3) is 0 Å². The summed E-state index contributed by atoms with van der Waals surface area (Å²) < 4.78 is 0.791. The van der Waals surface area contributed by atoms with Gasteiger partial charge in [0.1, 0.15) is 0 Å². The summed E-state index contributed by atoms with van der Waals surface area (Å²) in [5.74, 6) is -0.818. The molecule has 1 saturated heterocycles. The molecule has 1 heterocycles. The third kappa shape index (κ3) is 2.84. The van der Waals surface area contributed by atoms with E-state index in [-0.39, 0.29) is 18.2 Å². The first-order valence-electron chi connectivity index (χ1n) is 5.48. The zero-order valence-corrected chi connectivity index (χ0v) is 11.9. The number of benzene rings is 1. The van der Waals surface area contributed by atoms with E-state index in [0.29, 0.717) is 18.1 Å². The van der Waals surface area contributed by atoms with E-state index in [1.165, 1.54) is 0 Å². The summed E-state index contributed by atoms with van der Waals surface area (Å²) in [4.78, 5) is 24.4. The summed E-state index contributed by atoms with van der Waals surface area (Å²) in [5.41, 5.74) is 6.18. The van der Waals surface area contributed by atoms with Crippen molar-refractivity contribution in [2.75, 3.05) is 6.54 Å². The van der Waals surface area contributed by atoms with Crippen LogP contribution >= 0.6 is 27.5 Å². The number of likely N-dealkylation sites (tertiary alicyclic amines) is 1. The van der Waals surface area contributed by atoms with Crippen LogP contribution < -0.4 is 5.73 Å². The van der Waals surface area contributed by atoms with Gasteiger partial charge in [-0.3, -0.25) is 9.59 Å². The Morgan fingerprint density at radius 2 is 2.28 bits per heavy atom. The Morgan fingerprint density at radius 1 is 1.56 bits per heavy atom. The van der Waals surface area contributed by atoms with Gasteiger partial charge in [-0.2, -0.15) is 0 Å². The predicted octanol–water partition coefficient (Wildman–Crippen LogP) is 1.94. The van der Waals surface area contributed by atoms with Crippen molar-refractivity contribution in [3.8, 4) is 0 Å². The first-order chi connectivity index (χ1) is 8.47. The lowest BCUT2D eigenvalue weighted by molar-refractivity contribution is -0.128. The van der Waals surface area contributed by atoms with E-state index in [1.807, 2.05) is 12.1 Å². The lowest BCUT2D eigenvalue weighted by atomic mass is 10.1. The van der Waals surface area contributed by atoms with Gasteiger partial charge >= 0.3 is 0 Å². The molecule has 1 aliphatic rings. The van der Waals surface area contributed by atoms with Gasteiger partial charge in [0.05, 0.1) is 10.9 Å². The van der Waals surface area contributed by atoms with Crippen LogP contribution in [0.3, 0.4) is 0 Å². The van der Waals surface area contributed by atoms with Crippen molar-refractivity contribution in [3.63, 3.8) is 0 Å². The zero-order valence-electron chi connectivity index (χ0n) is 9.53. The van der Waals surface area contributed by atoms with Crippen molar-refractivity contribution in [2.45, 2.75) is 13.0 Å². The van der Waals surface area contributed by atoms with Crippen molar-refractivity contribution in [3.05, 3.63) is 33.3 Å². The maximum Gasteiger partial charge on any atom is 0.223 e. The van der Waals surface area contributed by atoms with Crippen molar-refractivity contribution in [1.82, 2.24) is 4.90 Å².